The summed E-state index contributed by atoms with van der Waals surface area (Å²) in [6, 6.07) is 140. The van der Waals surface area contributed by atoms with E-state index < -0.39 is 0 Å². The van der Waals surface area contributed by atoms with Crippen molar-refractivity contribution < 1.29 is 17.7 Å². The normalized spacial score (nSPS) is 11.9. The van der Waals surface area contributed by atoms with Crippen molar-refractivity contribution in [3.05, 3.63) is 388 Å². The maximum Gasteiger partial charge on any atom is 0.143 e. The molecule has 0 aliphatic carbocycles. The monoisotopic (exact) mass is 1420 g/mol. The lowest BCUT2D eigenvalue weighted by atomic mass is 9.82. The lowest BCUT2D eigenvalue weighted by Crippen LogP contribution is -1.94. The zero-order valence-electron chi connectivity index (χ0n) is 60.6. The summed E-state index contributed by atoms with van der Waals surface area (Å²) < 4.78 is 26.2. The average molecular weight is 1430 g/mol. The first kappa shape index (κ1) is 63.3. The predicted octanol–water partition coefficient (Wildman–Crippen LogP) is 31.2. The summed E-state index contributed by atoms with van der Waals surface area (Å²) >= 11 is 0. The molecule has 520 valence electrons. The summed E-state index contributed by atoms with van der Waals surface area (Å²) in [6.45, 7) is 0. The molecular formula is C108H64O4. The highest BCUT2D eigenvalue weighted by Gasteiger charge is 2.26. The van der Waals surface area contributed by atoms with Gasteiger partial charge in [0.1, 0.15) is 44.7 Å². The fourth-order valence-corrected chi connectivity index (χ4v) is 18.4. The minimum atomic E-state index is 0.891. The molecule has 0 atom stereocenters. The lowest BCUT2D eigenvalue weighted by Gasteiger charge is -2.20. The van der Waals surface area contributed by atoms with Crippen molar-refractivity contribution in [1.29, 1.82) is 0 Å². The molecule has 24 aromatic rings. The first-order chi connectivity index (χ1) is 55.6. The van der Waals surface area contributed by atoms with Crippen LogP contribution in [0.3, 0.4) is 0 Å². The molecule has 0 aliphatic heterocycles. The molecule has 0 aliphatic rings. The van der Waals surface area contributed by atoms with Crippen LogP contribution < -0.4 is 0 Å². The number of benzene rings is 20. The lowest BCUT2D eigenvalue weighted by molar-refractivity contribution is 0.668. The molecule has 4 heterocycles. The van der Waals surface area contributed by atoms with Gasteiger partial charge in [0.25, 0.3) is 0 Å². The summed E-state index contributed by atoms with van der Waals surface area (Å²) in [7, 11) is 0. The van der Waals surface area contributed by atoms with Gasteiger partial charge >= 0.3 is 0 Å². The topological polar surface area (TPSA) is 52.6 Å². The van der Waals surface area contributed by atoms with Crippen LogP contribution in [0, 0.1) is 0 Å². The van der Waals surface area contributed by atoms with Crippen molar-refractivity contribution in [2.24, 2.45) is 0 Å². The van der Waals surface area contributed by atoms with Crippen molar-refractivity contribution in [2.45, 2.75) is 0 Å². The number of rotatable bonds is 8. The second kappa shape index (κ2) is 25.4. The van der Waals surface area contributed by atoms with Crippen LogP contribution in [0.5, 0.6) is 0 Å². The second-order valence-electron chi connectivity index (χ2n) is 29.4. The van der Waals surface area contributed by atoms with Gasteiger partial charge in [0.05, 0.1) is 0 Å². The van der Waals surface area contributed by atoms with Crippen LogP contribution >= 0.6 is 0 Å². The Morgan fingerprint density at radius 1 is 0.125 bits per heavy atom. The van der Waals surface area contributed by atoms with Gasteiger partial charge in [0.15, 0.2) is 0 Å². The summed E-state index contributed by atoms with van der Waals surface area (Å²) in [5, 5.41) is 23.4. The van der Waals surface area contributed by atoms with E-state index in [4.69, 9.17) is 17.7 Å². The smallest absolute Gasteiger partial charge is 0.143 e. The molecule has 0 saturated carbocycles. The Balaban J connectivity index is 0.000000134. The fourth-order valence-electron chi connectivity index (χ4n) is 18.4. The SMILES string of the molecule is c1ccc(-c2c(-c3c4cccc(-c5ccc6c(c5)oc5ccccc56)c4cc4c(-c5ccc6c(c5)oc5ccccc56)cccc34)ccc3ccccc23)cc1.c1ccc(-c2c(-c3c4cccc(-c5cccc6c5oc5ccccc56)c4cc4c(-c5cccc6c5oc5ccccc56)cccc34)ccc3ccccc23)cc1. The van der Waals surface area contributed by atoms with Crippen LogP contribution in [-0.2, 0) is 0 Å². The second-order valence-corrected chi connectivity index (χ2v) is 29.4. The van der Waals surface area contributed by atoms with Gasteiger partial charge in [-0.05, 0) is 203 Å². The molecular weight excluding hydrogens is 1360 g/mol. The largest absolute Gasteiger partial charge is 0.456 e. The van der Waals surface area contributed by atoms with Crippen LogP contribution in [0.1, 0.15) is 0 Å². The molecule has 0 fully saturated rings. The zero-order valence-corrected chi connectivity index (χ0v) is 60.6. The van der Waals surface area contributed by atoms with E-state index in [2.05, 4.69) is 352 Å². The van der Waals surface area contributed by atoms with Gasteiger partial charge in [-0.1, -0.05) is 328 Å². The van der Waals surface area contributed by atoms with Crippen LogP contribution in [0.25, 0.3) is 241 Å². The van der Waals surface area contributed by atoms with E-state index in [0.717, 1.165) is 132 Å². The number of furan rings is 4. The molecule has 0 radical (unpaired) electrons. The summed E-state index contributed by atoms with van der Waals surface area (Å²) in [4.78, 5) is 0. The van der Waals surface area contributed by atoms with Gasteiger partial charge in [-0.2, -0.15) is 0 Å². The number of hydrogen-bond acceptors (Lipinski definition) is 4. The molecule has 24 rings (SSSR count). The Morgan fingerprint density at radius 2 is 0.420 bits per heavy atom. The Hall–Kier alpha value is -14.8. The van der Waals surface area contributed by atoms with E-state index in [1.165, 1.54) is 109 Å². The molecule has 112 heavy (non-hydrogen) atoms. The molecule has 4 nitrogen and oxygen atoms in total. The Labute approximate surface area is 643 Å². The van der Waals surface area contributed by atoms with E-state index in [-0.39, 0.29) is 0 Å². The summed E-state index contributed by atoms with van der Waals surface area (Å²) in [5.74, 6) is 0. The van der Waals surface area contributed by atoms with Gasteiger partial charge in [0.2, 0.25) is 0 Å². The van der Waals surface area contributed by atoms with E-state index in [1.54, 1.807) is 0 Å². The Kier molecular flexibility index (Phi) is 14.3. The van der Waals surface area contributed by atoms with Crippen LogP contribution in [0.15, 0.2) is 406 Å². The summed E-state index contributed by atoms with van der Waals surface area (Å²) in [5.41, 5.74) is 25.9. The van der Waals surface area contributed by atoms with Gasteiger partial charge in [-0.25, -0.2) is 0 Å². The standard InChI is InChI=1S/2C54H32O2/c1-2-15-34(16-3-1)51-35-17-5-4-14-33(35)30-31-46(51)52-40-22-10-20-36(42-24-12-26-44-38-18-6-8-28-49(38)55-53(42)44)47(40)32-48-37(21-11-23-41(48)52)43-25-13-27-45-39-19-7-9-29-50(39)56-54(43)45;1-2-13-34(14-3-1)53-39-15-5-4-12-33(39)24-29-46(53)54-44-20-10-18-37(35-25-27-42-40-16-6-8-22-49(40)55-51(42)30-35)47(44)32-48-38(19-11-21-45(48)54)36-26-28-43-41-17-7-9-23-50(41)56-52(43)31-36/h2*1-32H. The van der Waals surface area contributed by atoms with Crippen molar-refractivity contribution in [2.75, 3.05) is 0 Å². The van der Waals surface area contributed by atoms with Crippen LogP contribution in [0.2, 0.25) is 0 Å². The molecule has 0 N–H and O–H groups in total. The average Bonchev–Trinajstić information content (AvgIpc) is 0.802. The Bertz CT molecular complexity index is 7660. The van der Waals surface area contributed by atoms with Gasteiger partial charge in [-0.15, -0.1) is 0 Å². The third-order valence-corrected chi connectivity index (χ3v) is 23.4. The van der Waals surface area contributed by atoms with Gasteiger partial charge in [-0.3, -0.25) is 0 Å². The number of para-hydroxylation sites is 6. The van der Waals surface area contributed by atoms with Gasteiger partial charge < -0.3 is 17.7 Å². The zero-order chi connectivity index (χ0) is 73.5. The highest BCUT2D eigenvalue weighted by atomic mass is 16.3. The molecule has 4 aromatic heterocycles. The predicted molar refractivity (Wildman–Crippen MR) is 471 cm³/mol. The number of hydrogen-bond donors (Lipinski definition) is 0. The minimum absolute atomic E-state index is 0.891. The third kappa shape index (κ3) is 9.95. The van der Waals surface area contributed by atoms with Crippen LogP contribution in [-0.4, -0.2) is 0 Å². The van der Waals surface area contributed by atoms with E-state index in [1.807, 2.05) is 36.4 Å². The van der Waals surface area contributed by atoms with Crippen LogP contribution in [0.4, 0.5) is 0 Å². The molecule has 0 saturated heterocycles. The Morgan fingerprint density at radius 3 is 0.821 bits per heavy atom. The minimum Gasteiger partial charge on any atom is -0.456 e. The summed E-state index contributed by atoms with van der Waals surface area (Å²) in [6.07, 6.45) is 0. The van der Waals surface area contributed by atoms with E-state index >= 15 is 0 Å². The maximum absolute atomic E-state index is 6.67. The maximum atomic E-state index is 6.67. The van der Waals surface area contributed by atoms with Crippen molar-refractivity contribution in [1.82, 2.24) is 0 Å². The molecule has 0 spiro atoms. The fraction of sp³-hybridized carbons (Fsp3) is 0. The van der Waals surface area contributed by atoms with Gasteiger partial charge in [0, 0.05) is 54.2 Å². The highest BCUT2D eigenvalue weighted by Crippen LogP contribution is 2.52. The quantitative estimate of drug-likeness (QED) is 0.142. The van der Waals surface area contributed by atoms with E-state index in [0.29, 0.717) is 0 Å². The first-order valence-electron chi connectivity index (χ1n) is 38.3. The first-order valence-corrected chi connectivity index (χ1v) is 38.3. The molecule has 20 aromatic carbocycles. The molecule has 0 unspecified atom stereocenters. The van der Waals surface area contributed by atoms with Crippen molar-refractivity contribution >= 4 is 152 Å². The molecule has 0 amide bonds. The molecule has 0 bridgehead atoms. The van der Waals surface area contributed by atoms with E-state index in [9.17, 15) is 0 Å². The molecule has 4 heteroatoms. The van der Waals surface area contributed by atoms with Crippen molar-refractivity contribution in [3.8, 4) is 89.0 Å². The van der Waals surface area contributed by atoms with Crippen molar-refractivity contribution in [3.63, 3.8) is 0 Å². The highest BCUT2D eigenvalue weighted by molar-refractivity contribution is 6.26. The third-order valence-electron chi connectivity index (χ3n) is 23.4. The number of fused-ring (bicyclic) bond motifs is 18.